The molecule has 0 aliphatic rings. The molecule has 0 fully saturated rings. The molecule has 0 bridgehead atoms. The van der Waals surface area contributed by atoms with Crippen molar-refractivity contribution >= 4 is 9.84 Å². The first-order valence-corrected chi connectivity index (χ1v) is 7.49. The standard InChI is InChI=1S/C13H11F2NO3S/c1-20(18,19)11-4-2-3-10(7-11)16-8-9(13(14)15)5-6-12(16)17/h2-8,13H,1H3. The molecule has 0 saturated carbocycles. The van der Waals surface area contributed by atoms with Gasteiger partial charge in [0.15, 0.2) is 9.84 Å². The van der Waals surface area contributed by atoms with Crippen LogP contribution in [0.2, 0.25) is 0 Å². The topological polar surface area (TPSA) is 56.1 Å². The van der Waals surface area contributed by atoms with E-state index in [1.165, 1.54) is 24.3 Å². The summed E-state index contributed by atoms with van der Waals surface area (Å²) in [5.41, 5.74) is -0.602. The normalized spacial score (nSPS) is 11.8. The average Bonchev–Trinajstić information content (AvgIpc) is 2.38. The molecule has 0 aliphatic heterocycles. The van der Waals surface area contributed by atoms with Crippen molar-refractivity contribution in [2.75, 3.05) is 6.26 Å². The molecule has 0 amide bonds. The number of alkyl halides is 2. The monoisotopic (exact) mass is 299 g/mol. The van der Waals surface area contributed by atoms with Crippen molar-refractivity contribution in [3.8, 4) is 5.69 Å². The molecular weight excluding hydrogens is 288 g/mol. The number of pyridine rings is 1. The summed E-state index contributed by atoms with van der Waals surface area (Å²) in [6.45, 7) is 0. The largest absolute Gasteiger partial charge is 0.284 e. The quantitative estimate of drug-likeness (QED) is 0.873. The highest BCUT2D eigenvalue weighted by Crippen LogP contribution is 2.19. The van der Waals surface area contributed by atoms with Crippen LogP contribution in [-0.2, 0) is 9.84 Å². The van der Waals surface area contributed by atoms with Gasteiger partial charge in [-0.2, -0.15) is 0 Å². The first-order valence-electron chi connectivity index (χ1n) is 5.60. The lowest BCUT2D eigenvalue weighted by Gasteiger charge is -2.09. The van der Waals surface area contributed by atoms with Gasteiger partial charge in [0.25, 0.3) is 12.0 Å². The zero-order valence-electron chi connectivity index (χ0n) is 10.5. The fourth-order valence-electron chi connectivity index (χ4n) is 1.70. The second-order valence-corrected chi connectivity index (χ2v) is 6.26. The first-order chi connectivity index (χ1) is 9.29. The van der Waals surface area contributed by atoms with Crippen molar-refractivity contribution in [3.63, 3.8) is 0 Å². The Bertz CT molecular complexity index is 797. The van der Waals surface area contributed by atoms with E-state index in [2.05, 4.69) is 0 Å². The van der Waals surface area contributed by atoms with Crippen LogP contribution in [0.1, 0.15) is 12.0 Å². The van der Waals surface area contributed by atoms with Crippen LogP contribution < -0.4 is 5.56 Å². The highest BCUT2D eigenvalue weighted by Gasteiger charge is 2.12. The molecule has 0 N–H and O–H groups in total. The Balaban J connectivity index is 2.63. The highest BCUT2D eigenvalue weighted by molar-refractivity contribution is 7.90. The van der Waals surface area contributed by atoms with Crippen LogP contribution in [-0.4, -0.2) is 19.2 Å². The Morgan fingerprint density at radius 1 is 1.15 bits per heavy atom. The van der Waals surface area contributed by atoms with E-state index < -0.39 is 21.8 Å². The van der Waals surface area contributed by atoms with E-state index in [9.17, 15) is 22.0 Å². The highest BCUT2D eigenvalue weighted by atomic mass is 32.2. The summed E-state index contributed by atoms with van der Waals surface area (Å²) in [7, 11) is -3.44. The maximum Gasteiger partial charge on any atom is 0.265 e. The summed E-state index contributed by atoms with van der Waals surface area (Å²) >= 11 is 0. The smallest absolute Gasteiger partial charge is 0.265 e. The van der Waals surface area contributed by atoms with E-state index in [1.807, 2.05) is 0 Å². The molecule has 0 unspecified atom stereocenters. The molecule has 2 aromatic rings. The molecule has 4 nitrogen and oxygen atoms in total. The Morgan fingerprint density at radius 3 is 2.45 bits per heavy atom. The molecule has 0 aliphatic carbocycles. The van der Waals surface area contributed by atoms with Crippen LogP contribution in [0.5, 0.6) is 0 Å². The summed E-state index contributed by atoms with van der Waals surface area (Å²) in [6.07, 6.45) is -0.668. The Hall–Kier alpha value is -2.02. The number of nitrogens with zero attached hydrogens (tertiary/aromatic N) is 1. The SMILES string of the molecule is CS(=O)(=O)c1cccc(-n2cc(C(F)F)ccc2=O)c1. The molecule has 0 spiro atoms. The zero-order valence-corrected chi connectivity index (χ0v) is 11.3. The summed E-state index contributed by atoms with van der Waals surface area (Å²) in [5, 5.41) is 0. The molecule has 1 aromatic heterocycles. The zero-order chi connectivity index (χ0) is 14.9. The summed E-state index contributed by atoms with van der Waals surface area (Å²) in [6, 6.07) is 7.64. The second kappa shape index (κ2) is 5.16. The molecule has 1 heterocycles. The number of rotatable bonds is 3. The van der Waals surface area contributed by atoms with Crippen molar-refractivity contribution in [2.45, 2.75) is 11.3 Å². The Morgan fingerprint density at radius 2 is 1.85 bits per heavy atom. The first kappa shape index (κ1) is 14.4. The van der Waals surface area contributed by atoms with Crippen molar-refractivity contribution in [2.24, 2.45) is 0 Å². The molecule has 106 valence electrons. The van der Waals surface area contributed by atoms with Crippen LogP contribution >= 0.6 is 0 Å². The average molecular weight is 299 g/mol. The Labute approximate surface area is 114 Å². The van der Waals surface area contributed by atoms with E-state index in [-0.39, 0.29) is 16.1 Å². The third kappa shape index (κ3) is 2.93. The van der Waals surface area contributed by atoms with Crippen LogP contribution in [0, 0.1) is 0 Å². The van der Waals surface area contributed by atoms with Crippen molar-refractivity contribution < 1.29 is 17.2 Å². The van der Waals surface area contributed by atoms with Gasteiger partial charge in [0.05, 0.1) is 4.90 Å². The van der Waals surface area contributed by atoms with Gasteiger partial charge < -0.3 is 0 Å². The third-order valence-electron chi connectivity index (χ3n) is 2.71. The second-order valence-electron chi connectivity index (χ2n) is 4.24. The molecule has 0 atom stereocenters. The van der Waals surface area contributed by atoms with E-state index in [0.717, 1.165) is 29.2 Å². The minimum Gasteiger partial charge on any atom is -0.284 e. The van der Waals surface area contributed by atoms with Gasteiger partial charge in [-0.25, -0.2) is 17.2 Å². The number of hydrogen-bond donors (Lipinski definition) is 0. The van der Waals surface area contributed by atoms with Gasteiger partial charge in [0.1, 0.15) is 0 Å². The number of sulfone groups is 1. The fourth-order valence-corrected chi connectivity index (χ4v) is 2.36. The van der Waals surface area contributed by atoms with Crippen LogP contribution in [0.15, 0.2) is 52.3 Å². The number of benzene rings is 1. The van der Waals surface area contributed by atoms with Crippen molar-refractivity contribution in [1.82, 2.24) is 4.57 Å². The van der Waals surface area contributed by atoms with Crippen LogP contribution in [0.3, 0.4) is 0 Å². The molecule has 7 heteroatoms. The molecular formula is C13H11F2NO3S. The van der Waals surface area contributed by atoms with Crippen LogP contribution in [0.4, 0.5) is 8.78 Å². The summed E-state index contributed by atoms with van der Waals surface area (Å²) in [5.74, 6) is 0. The third-order valence-corrected chi connectivity index (χ3v) is 3.82. The van der Waals surface area contributed by atoms with Gasteiger partial charge >= 0.3 is 0 Å². The fraction of sp³-hybridized carbons (Fsp3) is 0.154. The van der Waals surface area contributed by atoms with Gasteiger partial charge in [0.2, 0.25) is 0 Å². The minimum absolute atomic E-state index is 0.0179. The van der Waals surface area contributed by atoms with Gasteiger partial charge in [-0.15, -0.1) is 0 Å². The van der Waals surface area contributed by atoms with E-state index in [4.69, 9.17) is 0 Å². The number of halogens is 2. The van der Waals surface area contributed by atoms with Gasteiger partial charge in [-0.05, 0) is 24.3 Å². The molecule has 2 rings (SSSR count). The van der Waals surface area contributed by atoms with E-state index in [0.29, 0.717) is 0 Å². The lowest BCUT2D eigenvalue weighted by Crippen LogP contribution is -2.17. The predicted molar refractivity (Wildman–Crippen MR) is 70.1 cm³/mol. The van der Waals surface area contributed by atoms with Gasteiger partial charge in [-0.1, -0.05) is 6.07 Å². The van der Waals surface area contributed by atoms with Crippen molar-refractivity contribution in [1.29, 1.82) is 0 Å². The lowest BCUT2D eigenvalue weighted by molar-refractivity contribution is 0.150. The van der Waals surface area contributed by atoms with Crippen molar-refractivity contribution in [3.05, 3.63) is 58.5 Å². The van der Waals surface area contributed by atoms with E-state index >= 15 is 0 Å². The predicted octanol–water partition coefficient (Wildman–Crippen LogP) is 2.18. The molecule has 0 saturated heterocycles. The molecule has 1 aromatic carbocycles. The van der Waals surface area contributed by atoms with Gasteiger partial charge in [-0.3, -0.25) is 9.36 Å². The number of aromatic nitrogens is 1. The minimum atomic E-state index is -3.44. The molecule has 0 radical (unpaired) electrons. The molecule has 20 heavy (non-hydrogen) atoms. The number of hydrogen-bond acceptors (Lipinski definition) is 3. The summed E-state index contributed by atoms with van der Waals surface area (Å²) < 4.78 is 49.2. The maximum atomic E-state index is 12.7. The van der Waals surface area contributed by atoms with Crippen LogP contribution in [0.25, 0.3) is 5.69 Å². The Kier molecular flexibility index (Phi) is 3.71. The maximum absolute atomic E-state index is 12.7. The van der Waals surface area contributed by atoms with Gasteiger partial charge in [0, 0.05) is 29.8 Å². The lowest BCUT2D eigenvalue weighted by atomic mass is 10.2. The summed E-state index contributed by atoms with van der Waals surface area (Å²) in [4.78, 5) is 11.7. The van der Waals surface area contributed by atoms with E-state index in [1.54, 1.807) is 0 Å².